The van der Waals surface area contributed by atoms with Crippen LogP contribution in [0.5, 0.6) is 0 Å². The minimum Gasteiger partial charge on any atom is -0.464 e. The first-order valence-electron chi connectivity index (χ1n) is 10.2. The number of hydrogen-bond donors (Lipinski definition) is 0. The summed E-state index contributed by atoms with van der Waals surface area (Å²) in [5, 5.41) is -1.01. The van der Waals surface area contributed by atoms with Gasteiger partial charge in [-0.15, -0.1) is 0 Å². The highest BCUT2D eigenvalue weighted by molar-refractivity contribution is 7.91. The minimum atomic E-state index is -3.78. The summed E-state index contributed by atoms with van der Waals surface area (Å²) in [5.41, 5.74) is 2.01. The van der Waals surface area contributed by atoms with Gasteiger partial charge in [-0.1, -0.05) is 63.2 Å². The molecule has 0 fully saturated rings. The summed E-state index contributed by atoms with van der Waals surface area (Å²) < 4.78 is 33.5. The molecule has 4 nitrogen and oxygen atoms in total. The Morgan fingerprint density at radius 2 is 1.67 bits per heavy atom. The van der Waals surface area contributed by atoms with Crippen molar-refractivity contribution in [3.8, 4) is 0 Å². The molecule has 1 atom stereocenters. The number of carbonyl (C=O) groups excluding carboxylic acids is 1. The molecule has 0 saturated carbocycles. The predicted molar refractivity (Wildman–Crippen MR) is 116 cm³/mol. The van der Waals surface area contributed by atoms with Gasteiger partial charge in [-0.3, -0.25) is 4.79 Å². The van der Waals surface area contributed by atoms with E-state index in [2.05, 4.69) is 0 Å². The maximum atomic E-state index is 13.7. The third-order valence-electron chi connectivity index (χ3n) is 5.74. The Labute approximate surface area is 177 Å². The van der Waals surface area contributed by atoms with Crippen molar-refractivity contribution >= 4 is 15.6 Å². The molecule has 0 saturated heterocycles. The largest absolute Gasteiger partial charge is 0.464 e. The molecule has 1 aliphatic rings. The van der Waals surface area contributed by atoms with Gasteiger partial charge in [0.15, 0.2) is 15.6 Å². The first-order chi connectivity index (χ1) is 14.2. The summed E-state index contributed by atoms with van der Waals surface area (Å²) in [5.74, 6) is 0.897. The zero-order valence-corrected chi connectivity index (χ0v) is 18.3. The monoisotopic (exact) mass is 422 g/mol. The second-order valence-corrected chi connectivity index (χ2v) is 10.8. The van der Waals surface area contributed by atoms with E-state index in [1.54, 1.807) is 30.3 Å². The molecule has 0 N–H and O–H groups in total. The normalized spacial score (nSPS) is 16.8. The van der Waals surface area contributed by atoms with Crippen LogP contribution in [-0.4, -0.2) is 14.2 Å². The molecule has 0 bridgehead atoms. The van der Waals surface area contributed by atoms with Gasteiger partial charge in [0.1, 0.15) is 16.8 Å². The molecule has 4 rings (SSSR count). The van der Waals surface area contributed by atoms with Crippen LogP contribution in [0.3, 0.4) is 0 Å². The SMILES string of the molecule is CCc1ccc(S(=O)(=O)C(c2ccccc2)c2cc3c(o2)CC(C)(C)CC3=O)cc1. The minimum absolute atomic E-state index is 0.00718. The van der Waals surface area contributed by atoms with Crippen LogP contribution in [0.1, 0.15) is 65.4 Å². The van der Waals surface area contributed by atoms with E-state index >= 15 is 0 Å². The van der Waals surface area contributed by atoms with Gasteiger partial charge in [0.25, 0.3) is 0 Å². The van der Waals surface area contributed by atoms with Crippen molar-refractivity contribution in [3.05, 3.63) is 88.9 Å². The van der Waals surface area contributed by atoms with Crippen molar-refractivity contribution in [1.82, 2.24) is 0 Å². The Morgan fingerprint density at radius 3 is 2.30 bits per heavy atom. The maximum Gasteiger partial charge on any atom is 0.192 e. The van der Waals surface area contributed by atoms with E-state index < -0.39 is 15.1 Å². The average molecular weight is 423 g/mol. The van der Waals surface area contributed by atoms with E-state index in [1.807, 2.05) is 51.1 Å². The lowest BCUT2D eigenvalue weighted by atomic mass is 9.77. The third kappa shape index (κ3) is 3.74. The van der Waals surface area contributed by atoms with Crippen LogP contribution in [0.2, 0.25) is 0 Å². The molecule has 30 heavy (non-hydrogen) atoms. The van der Waals surface area contributed by atoms with Gasteiger partial charge in [0.2, 0.25) is 0 Å². The molecule has 0 radical (unpaired) electrons. The molecule has 1 aromatic heterocycles. The van der Waals surface area contributed by atoms with Gasteiger partial charge in [-0.05, 0) is 41.2 Å². The van der Waals surface area contributed by atoms with Crippen LogP contribution in [0, 0.1) is 5.41 Å². The van der Waals surface area contributed by atoms with Crippen LogP contribution in [-0.2, 0) is 22.7 Å². The second kappa shape index (κ2) is 7.55. The van der Waals surface area contributed by atoms with E-state index in [9.17, 15) is 13.2 Å². The number of hydrogen-bond acceptors (Lipinski definition) is 4. The van der Waals surface area contributed by atoms with Crippen molar-refractivity contribution in [1.29, 1.82) is 0 Å². The Hall–Kier alpha value is -2.66. The summed E-state index contributed by atoms with van der Waals surface area (Å²) in [6.07, 6.45) is 1.88. The number of aryl methyl sites for hydroxylation is 1. The van der Waals surface area contributed by atoms with Crippen LogP contribution in [0.25, 0.3) is 0 Å². The van der Waals surface area contributed by atoms with E-state index in [0.29, 0.717) is 35.5 Å². The molecular formula is C25H26O4S. The fourth-order valence-electron chi connectivity index (χ4n) is 4.15. The molecule has 2 aromatic carbocycles. The quantitative estimate of drug-likeness (QED) is 0.540. The molecule has 0 amide bonds. The van der Waals surface area contributed by atoms with E-state index in [0.717, 1.165) is 12.0 Å². The van der Waals surface area contributed by atoms with Crippen LogP contribution in [0.4, 0.5) is 0 Å². The fraction of sp³-hybridized carbons (Fsp3) is 0.320. The number of rotatable bonds is 5. The van der Waals surface area contributed by atoms with Crippen LogP contribution < -0.4 is 0 Å². The highest BCUT2D eigenvalue weighted by atomic mass is 32.2. The lowest BCUT2D eigenvalue weighted by Crippen LogP contribution is -2.25. The van der Waals surface area contributed by atoms with Gasteiger partial charge in [0.05, 0.1) is 10.5 Å². The van der Waals surface area contributed by atoms with Crippen molar-refractivity contribution in [2.24, 2.45) is 5.41 Å². The Bertz CT molecular complexity index is 1170. The highest BCUT2D eigenvalue weighted by Gasteiger charge is 2.38. The Balaban J connectivity index is 1.86. The number of sulfone groups is 1. The Kier molecular flexibility index (Phi) is 5.18. The zero-order chi connectivity index (χ0) is 21.5. The number of furan rings is 1. The maximum absolute atomic E-state index is 13.7. The number of fused-ring (bicyclic) bond motifs is 1. The summed E-state index contributed by atoms with van der Waals surface area (Å²) >= 11 is 0. The van der Waals surface area contributed by atoms with E-state index in [4.69, 9.17) is 4.42 Å². The van der Waals surface area contributed by atoms with Gasteiger partial charge in [-0.2, -0.15) is 0 Å². The zero-order valence-electron chi connectivity index (χ0n) is 17.5. The molecule has 0 aliphatic heterocycles. The third-order valence-corrected chi connectivity index (χ3v) is 7.79. The second-order valence-electron chi connectivity index (χ2n) is 8.76. The molecule has 5 heteroatoms. The molecular weight excluding hydrogens is 396 g/mol. The predicted octanol–water partition coefficient (Wildman–Crippen LogP) is 5.56. The topological polar surface area (TPSA) is 64.3 Å². The fourth-order valence-corrected chi connectivity index (χ4v) is 5.87. The van der Waals surface area contributed by atoms with Crippen LogP contribution >= 0.6 is 0 Å². The molecule has 1 unspecified atom stereocenters. The van der Waals surface area contributed by atoms with Gasteiger partial charge >= 0.3 is 0 Å². The summed E-state index contributed by atoms with van der Waals surface area (Å²) in [6.45, 7) is 6.08. The first-order valence-corrected chi connectivity index (χ1v) is 11.8. The number of carbonyl (C=O) groups is 1. The lowest BCUT2D eigenvalue weighted by molar-refractivity contribution is 0.0903. The first kappa shape index (κ1) is 20.6. The average Bonchev–Trinajstić information content (AvgIpc) is 3.11. The van der Waals surface area contributed by atoms with Gasteiger partial charge in [-0.25, -0.2) is 8.42 Å². The molecule has 1 heterocycles. The standard InChI is InChI=1S/C25H26O4S/c1-4-17-10-12-19(13-11-17)30(27,28)24(18-8-6-5-7-9-18)22-14-20-21(26)15-25(2,3)16-23(20)29-22/h5-14,24H,4,15-16H2,1-3H3. The Morgan fingerprint density at radius 1 is 1.00 bits per heavy atom. The molecule has 0 spiro atoms. The van der Waals surface area contributed by atoms with Gasteiger partial charge < -0.3 is 4.42 Å². The number of Topliss-reactive ketones (excluding diaryl/α,β-unsaturated/α-hetero) is 1. The number of ketones is 1. The summed E-state index contributed by atoms with van der Waals surface area (Å²) in [7, 11) is -3.78. The molecule has 1 aliphatic carbocycles. The van der Waals surface area contributed by atoms with Crippen molar-refractivity contribution in [2.75, 3.05) is 0 Å². The van der Waals surface area contributed by atoms with Crippen molar-refractivity contribution < 1.29 is 17.6 Å². The summed E-state index contributed by atoms with van der Waals surface area (Å²) in [4.78, 5) is 12.9. The summed E-state index contributed by atoms with van der Waals surface area (Å²) in [6, 6.07) is 17.7. The molecule has 156 valence electrons. The number of benzene rings is 2. The molecule has 3 aromatic rings. The van der Waals surface area contributed by atoms with Crippen molar-refractivity contribution in [2.45, 2.75) is 50.2 Å². The van der Waals surface area contributed by atoms with E-state index in [-0.39, 0.29) is 16.1 Å². The van der Waals surface area contributed by atoms with Gasteiger partial charge in [0, 0.05) is 12.8 Å². The van der Waals surface area contributed by atoms with Crippen LogP contribution in [0.15, 0.2) is 70.0 Å². The van der Waals surface area contributed by atoms with E-state index in [1.165, 1.54) is 0 Å². The smallest absolute Gasteiger partial charge is 0.192 e. The van der Waals surface area contributed by atoms with Crippen molar-refractivity contribution in [3.63, 3.8) is 0 Å². The lowest BCUT2D eigenvalue weighted by Gasteiger charge is -2.26. The highest BCUT2D eigenvalue weighted by Crippen LogP contribution is 2.41.